The van der Waals surface area contributed by atoms with Crippen LogP contribution in [0.3, 0.4) is 0 Å². The van der Waals surface area contributed by atoms with Crippen LogP contribution in [0.15, 0.2) is 34.2 Å². The molecule has 0 aliphatic heterocycles. The van der Waals surface area contributed by atoms with Crippen LogP contribution in [0, 0.1) is 11.8 Å². The number of rotatable bonds is 4. The van der Waals surface area contributed by atoms with Gasteiger partial charge in [0.25, 0.3) is 0 Å². The van der Waals surface area contributed by atoms with Crippen molar-refractivity contribution in [2.75, 3.05) is 6.54 Å². The highest BCUT2D eigenvalue weighted by atomic mass is 32.2. The number of nitrogens with two attached hydrogens (primary N) is 1. The van der Waals surface area contributed by atoms with Gasteiger partial charge < -0.3 is 5.73 Å². The van der Waals surface area contributed by atoms with Gasteiger partial charge >= 0.3 is 5.69 Å². The van der Waals surface area contributed by atoms with Crippen LogP contribution in [-0.2, 0) is 5.75 Å². The molecule has 1 heterocycles. The second-order valence-electron chi connectivity index (χ2n) is 4.77. The first kappa shape index (κ1) is 15.4. The molecule has 0 atom stereocenters. The summed E-state index contributed by atoms with van der Waals surface area (Å²) in [5.74, 6) is 6.56. The standard InChI is InChI=1S/C15H18N4OS/c1-11(2)19-14(20)17-18-15(19)21-10-13-7-5-12(6-8-13)4-3-9-16/h5-8,11H,9-10,16H2,1-2H3,(H,17,20). The molecule has 0 aliphatic carbocycles. The summed E-state index contributed by atoms with van der Waals surface area (Å²) in [7, 11) is 0. The Morgan fingerprint density at radius 3 is 2.71 bits per heavy atom. The Morgan fingerprint density at radius 1 is 1.38 bits per heavy atom. The molecule has 5 nitrogen and oxygen atoms in total. The molecule has 1 aromatic heterocycles. The summed E-state index contributed by atoms with van der Waals surface area (Å²) in [6.45, 7) is 4.29. The lowest BCUT2D eigenvalue weighted by Gasteiger charge is -2.08. The van der Waals surface area contributed by atoms with Gasteiger partial charge in [-0.1, -0.05) is 35.7 Å². The first-order valence-electron chi connectivity index (χ1n) is 6.69. The summed E-state index contributed by atoms with van der Waals surface area (Å²) in [4.78, 5) is 11.6. The molecule has 0 bridgehead atoms. The Balaban J connectivity index is 2.05. The van der Waals surface area contributed by atoms with Crippen molar-refractivity contribution in [3.8, 4) is 11.8 Å². The van der Waals surface area contributed by atoms with Crippen molar-refractivity contribution in [2.45, 2.75) is 30.8 Å². The lowest BCUT2D eigenvalue weighted by atomic mass is 10.1. The van der Waals surface area contributed by atoms with E-state index >= 15 is 0 Å². The number of thioether (sulfide) groups is 1. The van der Waals surface area contributed by atoms with E-state index in [4.69, 9.17) is 5.73 Å². The van der Waals surface area contributed by atoms with Crippen LogP contribution >= 0.6 is 11.8 Å². The SMILES string of the molecule is CC(C)n1c(SCc2ccc(C#CCN)cc2)n[nH]c1=O. The summed E-state index contributed by atoms with van der Waals surface area (Å²) in [6.07, 6.45) is 0. The van der Waals surface area contributed by atoms with Crippen molar-refractivity contribution in [1.29, 1.82) is 0 Å². The number of nitrogens with zero attached hydrogens (tertiary/aromatic N) is 2. The first-order chi connectivity index (χ1) is 10.1. The minimum atomic E-state index is -0.167. The average Bonchev–Trinajstić information content (AvgIpc) is 2.85. The van der Waals surface area contributed by atoms with E-state index in [0.29, 0.717) is 11.7 Å². The zero-order valence-corrected chi connectivity index (χ0v) is 12.9. The second-order valence-corrected chi connectivity index (χ2v) is 5.71. The number of aromatic amines is 1. The summed E-state index contributed by atoms with van der Waals surface area (Å²) in [5, 5.41) is 7.27. The van der Waals surface area contributed by atoms with E-state index in [1.54, 1.807) is 4.57 Å². The van der Waals surface area contributed by atoms with Gasteiger partial charge in [-0.05, 0) is 31.5 Å². The lowest BCUT2D eigenvalue weighted by Crippen LogP contribution is -2.19. The maximum Gasteiger partial charge on any atom is 0.344 e. The third-order valence-corrected chi connectivity index (χ3v) is 3.87. The molecule has 2 rings (SSSR count). The van der Waals surface area contributed by atoms with Gasteiger partial charge in [0.1, 0.15) is 0 Å². The van der Waals surface area contributed by atoms with E-state index in [2.05, 4.69) is 22.0 Å². The molecule has 0 radical (unpaired) electrons. The molecule has 0 amide bonds. The van der Waals surface area contributed by atoms with Crippen molar-refractivity contribution < 1.29 is 0 Å². The number of H-pyrrole nitrogens is 1. The van der Waals surface area contributed by atoms with E-state index < -0.39 is 0 Å². The average molecular weight is 302 g/mol. The molecule has 6 heteroatoms. The smallest absolute Gasteiger partial charge is 0.320 e. The van der Waals surface area contributed by atoms with Crippen molar-refractivity contribution in [1.82, 2.24) is 14.8 Å². The molecule has 0 saturated heterocycles. The molecular formula is C15H18N4OS. The van der Waals surface area contributed by atoms with Crippen LogP contribution < -0.4 is 11.4 Å². The summed E-state index contributed by atoms with van der Waals surface area (Å²) in [6, 6.07) is 8.08. The fourth-order valence-corrected chi connectivity index (χ4v) is 2.86. The third-order valence-electron chi connectivity index (χ3n) is 2.85. The lowest BCUT2D eigenvalue weighted by molar-refractivity contribution is 0.534. The Bertz CT molecular complexity index is 704. The van der Waals surface area contributed by atoms with E-state index in [0.717, 1.165) is 16.9 Å². The summed E-state index contributed by atoms with van der Waals surface area (Å²) in [5.41, 5.74) is 7.29. The van der Waals surface area contributed by atoms with Gasteiger partial charge in [0.15, 0.2) is 5.16 Å². The van der Waals surface area contributed by atoms with Gasteiger partial charge in [-0.15, -0.1) is 5.10 Å². The quantitative estimate of drug-likeness (QED) is 0.666. The Morgan fingerprint density at radius 2 is 2.10 bits per heavy atom. The van der Waals surface area contributed by atoms with Crippen LogP contribution in [0.4, 0.5) is 0 Å². The Hall–Kier alpha value is -1.97. The van der Waals surface area contributed by atoms with Gasteiger partial charge in [-0.3, -0.25) is 4.57 Å². The van der Waals surface area contributed by atoms with E-state index in [1.165, 1.54) is 11.8 Å². The predicted molar refractivity (Wildman–Crippen MR) is 85.2 cm³/mol. The number of nitrogens with one attached hydrogen (secondary N) is 1. The van der Waals surface area contributed by atoms with Gasteiger partial charge in [0.2, 0.25) is 0 Å². The minimum Gasteiger partial charge on any atom is -0.320 e. The number of benzene rings is 1. The maximum atomic E-state index is 11.6. The van der Waals surface area contributed by atoms with Crippen molar-refractivity contribution in [2.24, 2.45) is 5.73 Å². The van der Waals surface area contributed by atoms with E-state index in [9.17, 15) is 4.79 Å². The highest BCUT2D eigenvalue weighted by Gasteiger charge is 2.11. The highest BCUT2D eigenvalue weighted by Crippen LogP contribution is 2.21. The van der Waals surface area contributed by atoms with Crippen LogP contribution in [0.5, 0.6) is 0 Å². The number of hydrogen-bond acceptors (Lipinski definition) is 4. The molecule has 1 aromatic carbocycles. The fraction of sp³-hybridized carbons (Fsp3) is 0.333. The largest absolute Gasteiger partial charge is 0.344 e. The minimum absolute atomic E-state index is 0.0904. The first-order valence-corrected chi connectivity index (χ1v) is 7.68. The highest BCUT2D eigenvalue weighted by molar-refractivity contribution is 7.98. The van der Waals surface area contributed by atoms with Gasteiger partial charge in [0, 0.05) is 17.4 Å². The molecule has 0 aliphatic rings. The second kappa shape index (κ2) is 7.16. The van der Waals surface area contributed by atoms with Crippen molar-refractivity contribution in [3.63, 3.8) is 0 Å². The predicted octanol–water partition coefficient (Wildman–Crippen LogP) is 1.75. The van der Waals surface area contributed by atoms with E-state index in [-0.39, 0.29) is 11.7 Å². The summed E-state index contributed by atoms with van der Waals surface area (Å²) < 4.78 is 1.66. The molecule has 3 N–H and O–H groups in total. The summed E-state index contributed by atoms with van der Waals surface area (Å²) >= 11 is 1.54. The van der Waals surface area contributed by atoms with Crippen LogP contribution in [0.1, 0.15) is 31.0 Å². The molecule has 0 fully saturated rings. The van der Waals surface area contributed by atoms with Gasteiger partial charge in [-0.25, -0.2) is 9.89 Å². The molecule has 2 aromatic rings. The normalized spacial score (nSPS) is 10.5. The Kier molecular flexibility index (Phi) is 5.26. The van der Waals surface area contributed by atoms with Crippen molar-refractivity contribution in [3.05, 3.63) is 45.9 Å². The maximum absolute atomic E-state index is 11.6. The molecule has 0 spiro atoms. The monoisotopic (exact) mass is 302 g/mol. The zero-order chi connectivity index (χ0) is 15.2. The van der Waals surface area contributed by atoms with E-state index in [1.807, 2.05) is 38.1 Å². The molecule has 21 heavy (non-hydrogen) atoms. The van der Waals surface area contributed by atoms with Crippen LogP contribution in [-0.4, -0.2) is 21.3 Å². The molecule has 110 valence electrons. The van der Waals surface area contributed by atoms with Crippen molar-refractivity contribution >= 4 is 11.8 Å². The zero-order valence-electron chi connectivity index (χ0n) is 12.1. The fourth-order valence-electron chi connectivity index (χ4n) is 1.83. The molecule has 0 saturated carbocycles. The topological polar surface area (TPSA) is 76.7 Å². The Labute approximate surface area is 127 Å². The molecular weight excluding hydrogens is 284 g/mol. The van der Waals surface area contributed by atoms with Crippen LogP contribution in [0.25, 0.3) is 0 Å². The number of aromatic nitrogens is 3. The van der Waals surface area contributed by atoms with Gasteiger partial charge in [0.05, 0.1) is 6.54 Å². The third kappa shape index (κ3) is 4.00. The van der Waals surface area contributed by atoms with Crippen LogP contribution in [0.2, 0.25) is 0 Å². The number of hydrogen-bond donors (Lipinski definition) is 2. The van der Waals surface area contributed by atoms with Gasteiger partial charge in [-0.2, -0.15) is 0 Å². The molecule has 0 unspecified atom stereocenters.